The Hall–Kier alpha value is -0.750. The van der Waals surface area contributed by atoms with Crippen LogP contribution in [0.1, 0.15) is 73.6 Å². The first-order valence-electron chi connectivity index (χ1n) is 8.41. The molecule has 0 bridgehead atoms. The van der Waals surface area contributed by atoms with E-state index in [1.807, 2.05) is 47.8 Å². The third-order valence-electron chi connectivity index (χ3n) is 3.70. The van der Waals surface area contributed by atoms with Gasteiger partial charge in [-0.2, -0.15) is 0 Å². The zero-order chi connectivity index (χ0) is 17.7. The predicted molar refractivity (Wildman–Crippen MR) is 96.1 cm³/mol. The van der Waals surface area contributed by atoms with Gasteiger partial charge in [0.15, 0.2) is 0 Å². The molecule has 6 heteroatoms. The number of hydrogen-bond acceptors (Lipinski definition) is 4. The first kappa shape index (κ1) is 20.3. The summed E-state index contributed by atoms with van der Waals surface area (Å²) in [7, 11) is 0. The van der Waals surface area contributed by atoms with Gasteiger partial charge in [-0.05, 0) is 79.6 Å². The number of hydrogen-bond donors (Lipinski definition) is 1. The predicted octanol–water partition coefficient (Wildman–Crippen LogP) is 3.99. The van der Waals surface area contributed by atoms with Crippen LogP contribution in [0.3, 0.4) is 0 Å². The Morgan fingerprint density at radius 3 is 2.26 bits per heavy atom. The maximum absolute atomic E-state index is 11.8. The third-order valence-corrected chi connectivity index (χ3v) is 5.09. The van der Waals surface area contributed by atoms with E-state index in [0.717, 1.165) is 32.1 Å². The molecule has 0 spiro atoms. The average molecular weight is 345 g/mol. The highest BCUT2D eigenvalue weighted by Gasteiger charge is 2.27. The number of ether oxygens (including phenoxy) is 1. The SMILES string of the molecule is CC(C)(C)OC(=O)NC1CCC(CC=N[S+]([O-])C(C)(C)C)CC1. The molecule has 1 atom stereocenters. The lowest BCUT2D eigenvalue weighted by Gasteiger charge is -2.29. The fourth-order valence-electron chi connectivity index (χ4n) is 2.43. The van der Waals surface area contributed by atoms with Crippen LogP contribution in [0.25, 0.3) is 0 Å². The normalized spacial score (nSPS) is 24.5. The molecule has 1 N–H and O–H groups in total. The van der Waals surface area contributed by atoms with Crippen molar-refractivity contribution in [1.29, 1.82) is 0 Å². The summed E-state index contributed by atoms with van der Waals surface area (Å²) < 4.78 is 21.0. The Balaban J connectivity index is 2.28. The largest absolute Gasteiger partial charge is 0.591 e. The van der Waals surface area contributed by atoms with Crippen molar-refractivity contribution >= 4 is 23.7 Å². The molecule has 0 radical (unpaired) electrons. The molecule has 5 nitrogen and oxygen atoms in total. The second-order valence-electron chi connectivity index (χ2n) is 8.25. The van der Waals surface area contributed by atoms with Crippen molar-refractivity contribution in [1.82, 2.24) is 5.32 Å². The maximum atomic E-state index is 11.8. The minimum Gasteiger partial charge on any atom is -0.591 e. The zero-order valence-corrected chi connectivity index (χ0v) is 16.2. The summed E-state index contributed by atoms with van der Waals surface area (Å²) in [4.78, 5) is 11.8. The molecule has 0 aromatic heterocycles. The van der Waals surface area contributed by atoms with Gasteiger partial charge in [0.2, 0.25) is 0 Å². The molecular formula is C17H32N2O3S. The van der Waals surface area contributed by atoms with Crippen LogP contribution in [0, 0.1) is 5.92 Å². The molecular weight excluding hydrogens is 312 g/mol. The van der Waals surface area contributed by atoms with Crippen LogP contribution in [0.5, 0.6) is 0 Å². The van der Waals surface area contributed by atoms with Crippen molar-refractivity contribution in [3.05, 3.63) is 0 Å². The lowest BCUT2D eigenvalue weighted by Crippen LogP contribution is -2.40. The molecule has 0 heterocycles. The first-order valence-corrected chi connectivity index (χ1v) is 9.52. The van der Waals surface area contributed by atoms with Crippen molar-refractivity contribution in [2.75, 3.05) is 0 Å². The Morgan fingerprint density at radius 1 is 1.22 bits per heavy atom. The van der Waals surface area contributed by atoms with Crippen LogP contribution in [0.15, 0.2) is 4.40 Å². The molecule has 0 aliphatic heterocycles. The lowest BCUT2D eigenvalue weighted by atomic mass is 9.84. The van der Waals surface area contributed by atoms with E-state index in [9.17, 15) is 9.35 Å². The van der Waals surface area contributed by atoms with E-state index in [1.54, 1.807) is 0 Å². The summed E-state index contributed by atoms with van der Waals surface area (Å²) in [5.41, 5.74) is -0.458. The van der Waals surface area contributed by atoms with E-state index in [2.05, 4.69) is 9.71 Å². The summed E-state index contributed by atoms with van der Waals surface area (Å²) in [6.45, 7) is 11.4. The van der Waals surface area contributed by atoms with E-state index >= 15 is 0 Å². The number of alkyl carbamates (subject to hydrolysis) is 1. The Bertz CT molecular complexity index is 405. The number of carbonyl (C=O) groups excluding carboxylic acids is 1. The smallest absolute Gasteiger partial charge is 0.407 e. The van der Waals surface area contributed by atoms with E-state index in [0.29, 0.717) is 5.92 Å². The summed E-state index contributed by atoms with van der Waals surface area (Å²) >= 11 is -1.17. The highest BCUT2D eigenvalue weighted by molar-refractivity contribution is 7.91. The Morgan fingerprint density at radius 2 is 1.78 bits per heavy atom. The number of amides is 1. The van der Waals surface area contributed by atoms with Gasteiger partial charge in [-0.1, -0.05) is 4.40 Å². The number of rotatable bonds is 4. The van der Waals surface area contributed by atoms with Gasteiger partial charge in [0, 0.05) is 6.04 Å². The van der Waals surface area contributed by atoms with Crippen LogP contribution in [-0.2, 0) is 16.1 Å². The molecule has 1 amide bonds. The summed E-state index contributed by atoms with van der Waals surface area (Å²) in [6, 6.07) is 0.196. The number of nitrogens with zero attached hydrogens (tertiary/aromatic N) is 1. The van der Waals surface area contributed by atoms with Gasteiger partial charge in [0.1, 0.15) is 21.7 Å². The average Bonchev–Trinajstić information content (AvgIpc) is 2.37. The summed E-state index contributed by atoms with van der Waals surface area (Å²) in [6.07, 6.45) is 6.36. The van der Waals surface area contributed by atoms with Crippen molar-refractivity contribution in [3.63, 3.8) is 0 Å². The van der Waals surface area contributed by atoms with Gasteiger partial charge in [0.05, 0.1) is 6.21 Å². The number of carbonyl (C=O) groups is 1. The fourth-order valence-corrected chi connectivity index (χ4v) is 2.97. The molecule has 0 saturated heterocycles. The molecule has 1 fully saturated rings. The minimum atomic E-state index is -1.17. The van der Waals surface area contributed by atoms with Gasteiger partial charge in [-0.3, -0.25) is 0 Å². The quantitative estimate of drug-likeness (QED) is 0.619. The highest BCUT2D eigenvalue weighted by Crippen LogP contribution is 2.27. The second-order valence-corrected chi connectivity index (χ2v) is 10.2. The summed E-state index contributed by atoms with van der Waals surface area (Å²) in [5.74, 6) is 0.562. The van der Waals surface area contributed by atoms with Gasteiger partial charge >= 0.3 is 6.09 Å². The second kappa shape index (κ2) is 8.38. The van der Waals surface area contributed by atoms with E-state index in [-0.39, 0.29) is 16.9 Å². The molecule has 1 aliphatic rings. The molecule has 1 saturated carbocycles. The van der Waals surface area contributed by atoms with Crippen LogP contribution >= 0.6 is 0 Å². The van der Waals surface area contributed by atoms with Gasteiger partial charge in [0.25, 0.3) is 0 Å². The Labute approximate surface area is 144 Å². The van der Waals surface area contributed by atoms with Crippen LogP contribution < -0.4 is 5.32 Å². The van der Waals surface area contributed by atoms with Crippen LogP contribution in [-0.4, -0.2) is 33.3 Å². The molecule has 0 aromatic carbocycles. The van der Waals surface area contributed by atoms with E-state index < -0.39 is 17.0 Å². The van der Waals surface area contributed by atoms with Crippen molar-refractivity contribution in [2.45, 2.75) is 90.0 Å². The van der Waals surface area contributed by atoms with Gasteiger partial charge in [-0.15, -0.1) is 0 Å². The fraction of sp³-hybridized carbons (Fsp3) is 0.882. The van der Waals surface area contributed by atoms with Crippen molar-refractivity contribution < 1.29 is 14.1 Å². The van der Waals surface area contributed by atoms with Crippen molar-refractivity contribution in [2.24, 2.45) is 10.3 Å². The molecule has 1 unspecified atom stereocenters. The van der Waals surface area contributed by atoms with Crippen LogP contribution in [0.2, 0.25) is 0 Å². The zero-order valence-electron chi connectivity index (χ0n) is 15.3. The molecule has 134 valence electrons. The van der Waals surface area contributed by atoms with Gasteiger partial charge in [-0.25, -0.2) is 4.79 Å². The highest BCUT2D eigenvalue weighted by atomic mass is 32.2. The standard InChI is InChI=1S/C17H32N2O3S/c1-16(2,3)22-15(20)19-14-9-7-13(8-10-14)11-12-18-23(21)17(4,5)6/h12-14H,7-11H2,1-6H3,(H,19,20). The lowest BCUT2D eigenvalue weighted by molar-refractivity contribution is 0.0488. The molecule has 1 aliphatic carbocycles. The molecule has 1 rings (SSSR count). The monoisotopic (exact) mass is 344 g/mol. The summed E-state index contributed by atoms with van der Waals surface area (Å²) in [5, 5.41) is 2.95. The molecule has 0 aromatic rings. The maximum Gasteiger partial charge on any atom is 0.407 e. The van der Waals surface area contributed by atoms with Crippen LogP contribution in [0.4, 0.5) is 4.79 Å². The van der Waals surface area contributed by atoms with Crippen molar-refractivity contribution in [3.8, 4) is 0 Å². The Kier molecular flexibility index (Phi) is 7.39. The van der Waals surface area contributed by atoms with E-state index in [4.69, 9.17) is 4.74 Å². The third kappa shape index (κ3) is 8.61. The minimum absolute atomic E-state index is 0.196. The van der Waals surface area contributed by atoms with Gasteiger partial charge < -0.3 is 14.6 Å². The topological polar surface area (TPSA) is 73.8 Å². The first-order chi connectivity index (χ1) is 10.5. The molecule has 23 heavy (non-hydrogen) atoms. The number of nitrogens with one attached hydrogen (secondary N) is 1. The van der Waals surface area contributed by atoms with E-state index in [1.165, 1.54) is 0 Å².